The fourth-order valence-corrected chi connectivity index (χ4v) is 4.05. The highest BCUT2D eigenvalue weighted by atomic mass is 79.9. The first-order valence-corrected chi connectivity index (χ1v) is 11.1. The van der Waals surface area contributed by atoms with Gasteiger partial charge < -0.3 is 20.5 Å². The lowest BCUT2D eigenvalue weighted by atomic mass is 10.1. The number of halogens is 1. The summed E-state index contributed by atoms with van der Waals surface area (Å²) in [7, 11) is 1.63. The molecule has 2 atom stereocenters. The number of amidine groups is 1. The molecule has 1 aliphatic carbocycles. The molecule has 3 N–H and O–H groups in total. The van der Waals surface area contributed by atoms with Crippen molar-refractivity contribution in [1.29, 1.82) is 0 Å². The number of aliphatic imine (C=N–C) groups is 1. The minimum Gasteiger partial charge on any atom is -0.497 e. The molecule has 0 bridgehead atoms. The molecule has 7 heteroatoms. The van der Waals surface area contributed by atoms with Crippen LogP contribution in [0.25, 0.3) is 0 Å². The van der Waals surface area contributed by atoms with Gasteiger partial charge in [0.25, 0.3) is 5.91 Å². The average molecular weight is 494 g/mol. The van der Waals surface area contributed by atoms with Crippen molar-refractivity contribution in [3.8, 4) is 5.75 Å². The molecule has 0 aromatic heterocycles. The Kier molecular flexibility index (Phi) is 6.58. The second kappa shape index (κ2) is 9.54. The van der Waals surface area contributed by atoms with Gasteiger partial charge in [0.15, 0.2) is 0 Å². The lowest BCUT2D eigenvalue weighted by molar-refractivity contribution is 0.0858. The van der Waals surface area contributed by atoms with Gasteiger partial charge in [0.05, 0.1) is 24.9 Å². The predicted octanol–water partition coefficient (Wildman–Crippen LogP) is 5.01. The Hall–Kier alpha value is -3.16. The van der Waals surface area contributed by atoms with Crippen LogP contribution in [-0.4, -0.2) is 30.1 Å². The Morgan fingerprint density at radius 3 is 2.50 bits per heavy atom. The Morgan fingerprint density at radius 2 is 1.81 bits per heavy atom. The molecule has 0 saturated heterocycles. The van der Waals surface area contributed by atoms with E-state index in [9.17, 15) is 9.90 Å². The topological polar surface area (TPSA) is 83.0 Å². The summed E-state index contributed by atoms with van der Waals surface area (Å²) >= 11 is 3.37. The van der Waals surface area contributed by atoms with E-state index >= 15 is 0 Å². The van der Waals surface area contributed by atoms with E-state index in [1.54, 1.807) is 19.2 Å². The molecule has 1 aliphatic rings. The minimum atomic E-state index is -0.672. The SMILES string of the molecule is COc1ccc(N=C(C)Nc2ccc3c(c2)[C@@H](NC(=O)c2ccc(Br)cc2)[C@H](O)C3)cc1. The highest BCUT2D eigenvalue weighted by Gasteiger charge is 2.32. The van der Waals surface area contributed by atoms with Crippen LogP contribution in [-0.2, 0) is 6.42 Å². The van der Waals surface area contributed by atoms with Crippen LogP contribution in [0.15, 0.2) is 76.2 Å². The molecule has 0 saturated carbocycles. The highest BCUT2D eigenvalue weighted by molar-refractivity contribution is 9.10. The molecule has 0 fully saturated rings. The standard InChI is InChI=1S/C25H24BrN3O3/c1-15(27-19-9-11-21(32-2)12-10-19)28-20-8-5-17-13-23(30)24(22(17)14-20)29-25(31)16-3-6-18(26)7-4-16/h3-12,14,23-24,30H,13H2,1-2H3,(H,27,28)(H,29,31)/t23-,24-/m1/s1. The first-order valence-electron chi connectivity index (χ1n) is 10.3. The number of rotatable bonds is 5. The maximum atomic E-state index is 12.7. The summed E-state index contributed by atoms with van der Waals surface area (Å²) in [4.78, 5) is 17.3. The van der Waals surface area contributed by atoms with Gasteiger partial charge in [-0.3, -0.25) is 4.79 Å². The number of methoxy groups -OCH3 is 1. The monoisotopic (exact) mass is 493 g/mol. The van der Waals surface area contributed by atoms with Gasteiger partial charge in [0.1, 0.15) is 11.6 Å². The number of amides is 1. The van der Waals surface area contributed by atoms with Crippen molar-refractivity contribution in [2.45, 2.75) is 25.5 Å². The van der Waals surface area contributed by atoms with Crippen molar-refractivity contribution in [1.82, 2.24) is 5.32 Å². The van der Waals surface area contributed by atoms with Crippen LogP contribution in [0, 0.1) is 0 Å². The summed E-state index contributed by atoms with van der Waals surface area (Å²) in [5, 5.41) is 16.9. The number of nitrogens with one attached hydrogen (secondary N) is 2. The number of hydrogen-bond donors (Lipinski definition) is 3. The third-order valence-corrected chi connectivity index (χ3v) is 5.91. The van der Waals surface area contributed by atoms with Gasteiger partial charge in [-0.2, -0.15) is 0 Å². The minimum absolute atomic E-state index is 0.218. The smallest absolute Gasteiger partial charge is 0.251 e. The summed E-state index contributed by atoms with van der Waals surface area (Å²) < 4.78 is 6.08. The quantitative estimate of drug-likeness (QED) is 0.344. The van der Waals surface area contributed by atoms with Gasteiger partial charge >= 0.3 is 0 Å². The third kappa shape index (κ3) is 5.00. The van der Waals surface area contributed by atoms with Crippen molar-refractivity contribution in [2.75, 3.05) is 12.4 Å². The van der Waals surface area contributed by atoms with Gasteiger partial charge in [-0.1, -0.05) is 22.0 Å². The molecule has 1 amide bonds. The first-order chi connectivity index (χ1) is 15.4. The normalized spacial score (nSPS) is 17.6. The van der Waals surface area contributed by atoms with E-state index in [2.05, 4.69) is 31.6 Å². The van der Waals surface area contributed by atoms with Crippen LogP contribution in [0.1, 0.15) is 34.5 Å². The second-order valence-corrected chi connectivity index (χ2v) is 8.58. The maximum Gasteiger partial charge on any atom is 0.251 e. The number of carbonyl (C=O) groups is 1. The number of carbonyl (C=O) groups excluding carboxylic acids is 1. The molecule has 0 radical (unpaired) electrons. The second-order valence-electron chi connectivity index (χ2n) is 7.66. The third-order valence-electron chi connectivity index (χ3n) is 5.38. The van der Waals surface area contributed by atoms with Crippen LogP contribution >= 0.6 is 15.9 Å². The number of ether oxygens (including phenoxy) is 1. The molecule has 3 aromatic carbocycles. The van der Waals surface area contributed by atoms with E-state index in [4.69, 9.17) is 4.74 Å². The molecule has 32 heavy (non-hydrogen) atoms. The molecule has 164 valence electrons. The largest absolute Gasteiger partial charge is 0.497 e. The summed E-state index contributed by atoms with van der Waals surface area (Å²) in [5.41, 5.74) is 4.13. The summed E-state index contributed by atoms with van der Waals surface area (Å²) in [6, 6.07) is 20.1. The van der Waals surface area contributed by atoms with Gasteiger partial charge in [-0.15, -0.1) is 0 Å². The van der Waals surface area contributed by atoms with Gasteiger partial charge in [0, 0.05) is 22.1 Å². The van der Waals surface area contributed by atoms with Gasteiger partial charge in [-0.25, -0.2) is 4.99 Å². The molecule has 0 aliphatic heterocycles. The van der Waals surface area contributed by atoms with Crippen LogP contribution in [0.2, 0.25) is 0 Å². The van der Waals surface area contributed by atoms with E-state index in [1.165, 1.54) is 0 Å². The number of aliphatic hydroxyl groups is 1. The number of benzene rings is 3. The van der Waals surface area contributed by atoms with Crippen LogP contribution in [0.3, 0.4) is 0 Å². The van der Waals surface area contributed by atoms with Crippen molar-refractivity contribution < 1.29 is 14.6 Å². The zero-order valence-electron chi connectivity index (χ0n) is 17.8. The van der Waals surface area contributed by atoms with Gasteiger partial charge in [-0.05, 0) is 78.7 Å². The number of anilines is 1. The fourth-order valence-electron chi connectivity index (χ4n) is 3.79. The van der Waals surface area contributed by atoms with E-state index in [-0.39, 0.29) is 5.91 Å². The number of aliphatic hydroxyl groups excluding tert-OH is 1. The molecule has 0 heterocycles. The maximum absolute atomic E-state index is 12.7. The molecule has 6 nitrogen and oxygen atoms in total. The molecular weight excluding hydrogens is 470 g/mol. The Bertz CT molecular complexity index is 1140. The number of fused-ring (bicyclic) bond motifs is 1. The Morgan fingerprint density at radius 1 is 1.09 bits per heavy atom. The lowest BCUT2D eigenvalue weighted by Crippen LogP contribution is -2.33. The predicted molar refractivity (Wildman–Crippen MR) is 130 cm³/mol. The average Bonchev–Trinajstić information content (AvgIpc) is 3.09. The van der Waals surface area contributed by atoms with Crippen LogP contribution < -0.4 is 15.4 Å². The van der Waals surface area contributed by atoms with E-state index in [0.29, 0.717) is 12.0 Å². The zero-order chi connectivity index (χ0) is 22.7. The zero-order valence-corrected chi connectivity index (χ0v) is 19.4. The molecule has 0 unspecified atom stereocenters. The Balaban J connectivity index is 1.50. The summed E-state index contributed by atoms with van der Waals surface area (Å²) in [6.45, 7) is 1.89. The first kappa shape index (κ1) is 22.0. The van der Waals surface area contributed by atoms with Crippen molar-refractivity contribution in [3.63, 3.8) is 0 Å². The molecule has 0 spiro atoms. The van der Waals surface area contributed by atoms with Gasteiger partial charge in [0.2, 0.25) is 0 Å². The van der Waals surface area contributed by atoms with E-state index < -0.39 is 12.1 Å². The fraction of sp³-hybridized carbons (Fsp3) is 0.200. The van der Waals surface area contributed by atoms with Crippen LogP contribution in [0.5, 0.6) is 5.75 Å². The molecule has 4 rings (SSSR count). The van der Waals surface area contributed by atoms with E-state index in [0.717, 1.165) is 38.6 Å². The van der Waals surface area contributed by atoms with Crippen molar-refractivity contribution >= 4 is 39.0 Å². The number of nitrogens with zero attached hydrogens (tertiary/aromatic N) is 1. The number of hydrogen-bond acceptors (Lipinski definition) is 4. The van der Waals surface area contributed by atoms with E-state index in [1.807, 2.05) is 61.5 Å². The van der Waals surface area contributed by atoms with Crippen molar-refractivity contribution in [2.24, 2.45) is 4.99 Å². The molecular formula is C25H24BrN3O3. The summed E-state index contributed by atoms with van der Waals surface area (Å²) in [6.07, 6.45) is -0.173. The summed E-state index contributed by atoms with van der Waals surface area (Å²) in [5.74, 6) is 1.29. The lowest BCUT2D eigenvalue weighted by Gasteiger charge is -2.19. The highest BCUT2D eigenvalue weighted by Crippen LogP contribution is 2.34. The Labute approximate surface area is 195 Å². The molecule has 3 aromatic rings. The van der Waals surface area contributed by atoms with Crippen molar-refractivity contribution in [3.05, 3.63) is 87.9 Å². The van der Waals surface area contributed by atoms with Crippen LogP contribution in [0.4, 0.5) is 11.4 Å².